The summed E-state index contributed by atoms with van der Waals surface area (Å²) >= 11 is 1.25. The lowest BCUT2D eigenvalue weighted by Gasteiger charge is -2.10. The summed E-state index contributed by atoms with van der Waals surface area (Å²) in [6.45, 7) is 3.96. The van der Waals surface area contributed by atoms with Gasteiger partial charge in [0.05, 0.1) is 11.2 Å². The van der Waals surface area contributed by atoms with Crippen LogP contribution in [0.3, 0.4) is 0 Å². The van der Waals surface area contributed by atoms with Gasteiger partial charge in [0.1, 0.15) is 0 Å². The third-order valence-electron chi connectivity index (χ3n) is 3.23. The van der Waals surface area contributed by atoms with E-state index in [1.54, 1.807) is 0 Å². The molecule has 0 saturated heterocycles. The van der Waals surface area contributed by atoms with Crippen molar-refractivity contribution in [2.24, 2.45) is 5.41 Å². The highest BCUT2D eigenvalue weighted by molar-refractivity contribution is 7.99. The molecule has 7 heteroatoms. The monoisotopic (exact) mass is 295 g/mol. The Morgan fingerprint density at radius 3 is 2.45 bits per heavy atom. The fourth-order valence-corrected chi connectivity index (χ4v) is 2.60. The van der Waals surface area contributed by atoms with E-state index in [0.29, 0.717) is 18.0 Å². The molecule has 0 bridgehead atoms. The Balaban J connectivity index is 1.79. The SMILES string of the molecule is Cc1cc(C)nc(SCC(=O)NCC2(C(=O)O)CC2)n1. The number of carboxylic acids is 1. The number of aryl methyl sites for hydroxylation is 2. The topological polar surface area (TPSA) is 92.2 Å². The van der Waals surface area contributed by atoms with Gasteiger partial charge in [0.25, 0.3) is 0 Å². The van der Waals surface area contributed by atoms with Crippen molar-refractivity contribution in [3.05, 3.63) is 17.5 Å². The summed E-state index contributed by atoms with van der Waals surface area (Å²) in [5, 5.41) is 12.2. The van der Waals surface area contributed by atoms with Gasteiger partial charge in [-0.25, -0.2) is 9.97 Å². The molecule has 1 aliphatic rings. The molecule has 1 aromatic rings. The predicted molar refractivity (Wildman–Crippen MR) is 74.5 cm³/mol. The minimum atomic E-state index is -0.830. The van der Waals surface area contributed by atoms with E-state index in [1.807, 2.05) is 19.9 Å². The third kappa shape index (κ3) is 3.69. The van der Waals surface area contributed by atoms with Crippen LogP contribution in [0.1, 0.15) is 24.2 Å². The lowest BCUT2D eigenvalue weighted by Crippen LogP contribution is -2.35. The van der Waals surface area contributed by atoms with Gasteiger partial charge in [0, 0.05) is 17.9 Å². The minimum Gasteiger partial charge on any atom is -0.481 e. The molecule has 20 heavy (non-hydrogen) atoms. The van der Waals surface area contributed by atoms with Crippen LogP contribution in [-0.2, 0) is 9.59 Å². The van der Waals surface area contributed by atoms with Gasteiger partial charge in [0.2, 0.25) is 5.91 Å². The lowest BCUT2D eigenvalue weighted by atomic mass is 10.1. The van der Waals surface area contributed by atoms with E-state index in [0.717, 1.165) is 11.4 Å². The highest BCUT2D eigenvalue weighted by Crippen LogP contribution is 2.45. The number of amides is 1. The maximum Gasteiger partial charge on any atom is 0.311 e. The number of aliphatic carboxylic acids is 1. The van der Waals surface area contributed by atoms with Gasteiger partial charge in [-0.1, -0.05) is 11.8 Å². The average molecular weight is 295 g/mol. The maximum absolute atomic E-state index is 11.7. The summed E-state index contributed by atoms with van der Waals surface area (Å²) in [6.07, 6.45) is 1.27. The van der Waals surface area contributed by atoms with Gasteiger partial charge < -0.3 is 10.4 Å². The van der Waals surface area contributed by atoms with Gasteiger partial charge in [-0.2, -0.15) is 0 Å². The molecule has 0 spiro atoms. The normalized spacial score (nSPS) is 15.7. The molecule has 1 amide bonds. The van der Waals surface area contributed by atoms with Crippen LogP contribution in [0.15, 0.2) is 11.2 Å². The molecule has 0 aliphatic heterocycles. The van der Waals surface area contributed by atoms with E-state index in [4.69, 9.17) is 5.11 Å². The molecular weight excluding hydrogens is 278 g/mol. The Hall–Kier alpha value is -1.63. The highest BCUT2D eigenvalue weighted by atomic mass is 32.2. The molecule has 1 aromatic heterocycles. The Kier molecular flexibility index (Phi) is 4.27. The summed E-state index contributed by atoms with van der Waals surface area (Å²) in [4.78, 5) is 31.1. The Morgan fingerprint density at radius 2 is 1.95 bits per heavy atom. The second-order valence-corrected chi connectivity index (χ2v) is 6.03. The first-order chi connectivity index (χ1) is 9.41. The quantitative estimate of drug-likeness (QED) is 0.604. The molecule has 1 saturated carbocycles. The Bertz CT molecular complexity index is 523. The van der Waals surface area contributed by atoms with Crippen LogP contribution in [-0.4, -0.2) is 39.2 Å². The largest absolute Gasteiger partial charge is 0.481 e. The number of aromatic nitrogens is 2. The van der Waals surface area contributed by atoms with Crippen molar-refractivity contribution in [2.45, 2.75) is 31.8 Å². The van der Waals surface area contributed by atoms with Crippen molar-refractivity contribution in [1.29, 1.82) is 0 Å². The zero-order valence-electron chi connectivity index (χ0n) is 11.5. The number of thioether (sulfide) groups is 1. The first kappa shape index (κ1) is 14.8. The molecule has 0 aromatic carbocycles. The van der Waals surface area contributed by atoms with E-state index in [2.05, 4.69) is 15.3 Å². The van der Waals surface area contributed by atoms with Crippen molar-refractivity contribution in [3.8, 4) is 0 Å². The summed E-state index contributed by atoms with van der Waals surface area (Å²) < 4.78 is 0. The lowest BCUT2D eigenvalue weighted by molar-refractivity contribution is -0.143. The van der Waals surface area contributed by atoms with E-state index in [9.17, 15) is 9.59 Å². The number of carboxylic acid groups (broad SMARTS) is 1. The summed E-state index contributed by atoms with van der Waals surface area (Å²) in [7, 11) is 0. The smallest absolute Gasteiger partial charge is 0.311 e. The standard InChI is InChI=1S/C13H17N3O3S/c1-8-5-9(2)16-12(15-8)20-6-10(17)14-7-13(3-4-13)11(18)19/h5H,3-4,6-7H2,1-2H3,(H,14,17)(H,18,19). The Morgan fingerprint density at radius 1 is 1.35 bits per heavy atom. The second-order valence-electron chi connectivity index (χ2n) is 5.08. The zero-order valence-corrected chi connectivity index (χ0v) is 12.3. The number of hydrogen-bond acceptors (Lipinski definition) is 5. The van der Waals surface area contributed by atoms with Crippen molar-refractivity contribution in [3.63, 3.8) is 0 Å². The summed E-state index contributed by atoms with van der Waals surface area (Å²) in [5.74, 6) is -0.827. The molecular formula is C13H17N3O3S. The zero-order chi connectivity index (χ0) is 14.8. The van der Waals surface area contributed by atoms with Crippen molar-refractivity contribution >= 4 is 23.6 Å². The number of carbonyl (C=O) groups is 2. The molecule has 1 aliphatic carbocycles. The fourth-order valence-electron chi connectivity index (χ4n) is 1.82. The molecule has 108 valence electrons. The maximum atomic E-state index is 11.7. The molecule has 2 rings (SSSR count). The number of carbonyl (C=O) groups excluding carboxylic acids is 1. The van der Waals surface area contributed by atoms with Crippen LogP contribution in [0, 0.1) is 19.3 Å². The van der Waals surface area contributed by atoms with Gasteiger partial charge in [-0.15, -0.1) is 0 Å². The summed E-state index contributed by atoms with van der Waals surface area (Å²) in [6, 6.07) is 1.87. The van der Waals surface area contributed by atoms with Gasteiger partial charge in [-0.3, -0.25) is 9.59 Å². The molecule has 2 N–H and O–H groups in total. The van der Waals surface area contributed by atoms with Crippen LogP contribution >= 0.6 is 11.8 Å². The third-order valence-corrected chi connectivity index (χ3v) is 4.07. The van der Waals surface area contributed by atoms with E-state index in [1.165, 1.54) is 11.8 Å². The highest BCUT2D eigenvalue weighted by Gasteiger charge is 2.50. The molecule has 0 radical (unpaired) electrons. The number of rotatable bonds is 6. The molecule has 1 heterocycles. The van der Waals surface area contributed by atoms with E-state index in [-0.39, 0.29) is 18.2 Å². The Labute approximate surface area is 121 Å². The first-order valence-electron chi connectivity index (χ1n) is 6.36. The van der Waals surface area contributed by atoms with Crippen molar-refractivity contribution < 1.29 is 14.7 Å². The van der Waals surface area contributed by atoms with Crippen LogP contribution in [0.5, 0.6) is 0 Å². The van der Waals surface area contributed by atoms with Crippen molar-refractivity contribution in [1.82, 2.24) is 15.3 Å². The fraction of sp³-hybridized carbons (Fsp3) is 0.538. The molecule has 0 unspecified atom stereocenters. The van der Waals surface area contributed by atoms with E-state index < -0.39 is 11.4 Å². The van der Waals surface area contributed by atoms with Crippen LogP contribution in [0.25, 0.3) is 0 Å². The first-order valence-corrected chi connectivity index (χ1v) is 7.35. The van der Waals surface area contributed by atoms with Crippen LogP contribution in [0.4, 0.5) is 0 Å². The van der Waals surface area contributed by atoms with Gasteiger partial charge in [0.15, 0.2) is 5.16 Å². The van der Waals surface area contributed by atoms with Crippen LogP contribution < -0.4 is 5.32 Å². The number of nitrogens with one attached hydrogen (secondary N) is 1. The number of nitrogens with zero attached hydrogens (tertiary/aromatic N) is 2. The molecule has 0 atom stereocenters. The van der Waals surface area contributed by atoms with Crippen molar-refractivity contribution in [2.75, 3.05) is 12.3 Å². The van der Waals surface area contributed by atoms with Gasteiger partial charge in [-0.05, 0) is 32.8 Å². The summed E-state index contributed by atoms with van der Waals surface area (Å²) in [5.41, 5.74) is 1.00. The molecule has 6 nitrogen and oxygen atoms in total. The second kappa shape index (κ2) is 5.78. The predicted octanol–water partition coefficient (Wildman–Crippen LogP) is 1.17. The van der Waals surface area contributed by atoms with Gasteiger partial charge >= 0.3 is 5.97 Å². The molecule has 1 fully saturated rings. The minimum absolute atomic E-state index is 0.190. The average Bonchev–Trinajstić information content (AvgIpc) is 3.14. The van der Waals surface area contributed by atoms with E-state index >= 15 is 0 Å². The number of hydrogen-bond donors (Lipinski definition) is 2. The van der Waals surface area contributed by atoms with Crippen LogP contribution in [0.2, 0.25) is 0 Å².